The summed E-state index contributed by atoms with van der Waals surface area (Å²) in [5.41, 5.74) is 1.73. The Kier molecular flexibility index (Phi) is 4.95. The molecular formula is C18H19N3O5S. The lowest BCUT2D eigenvalue weighted by Gasteiger charge is -2.38. The Morgan fingerprint density at radius 2 is 2.07 bits per heavy atom. The third kappa shape index (κ3) is 3.74. The van der Waals surface area contributed by atoms with Crippen molar-refractivity contribution in [1.82, 2.24) is 4.90 Å². The van der Waals surface area contributed by atoms with Gasteiger partial charge in [0.05, 0.1) is 30.4 Å². The maximum atomic E-state index is 12.9. The minimum absolute atomic E-state index is 0.0471. The number of hydrogen-bond donors (Lipinski definition) is 0. The van der Waals surface area contributed by atoms with Gasteiger partial charge in [0.1, 0.15) is 5.75 Å². The van der Waals surface area contributed by atoms with Crippen molar-refractivity contribution in [3.63, 3.8) is 0 Å². The Labute approximate surface area is 160 Å². The van der Waals surface area contributed by atoms with Crippen LogP contribution in [0.1, 0.15) is 5.56 Å². The lowest BCUT2D eigenvalue weighted by Crippen LogP contribution is -2.52. The van der Waals surface area contributed by atoms with E-state index in [-0.39, 0.29) is 15.8 Å². The Hall–Kier alpha value is -2.65. The molecule has 2 aromatic rings. The highest BCUT2D eigenvalue weighted by atomic mass is 32.1. The van der Waals surface area contributed by atoms with E-state index in [0.29, 0.717) is 45.1 Å². The van der Waals surface area contributed by atoms with Crippen LogP contribution in [-0.4, -0.2) is 54.7 Å². The molecule has 4 rings (SSSR count). The molecule has 8 nitrogen and oxygen atoms in total. The maximum absolute atomic E-state index is 12.9. The van der Waals surface area contributed by atoms with E-state index >= 15 is 0 Å². The van der Waals surface area contributed by atoms with Gasteiger partial charge in [-0.25, -0.2) is 0 Å². The molecule has 1 unspecified atom stereocenters. The predicted octanol–water partition coefficient (Wildman–Crippen LogP) is 2.28. The highest BCUT2D eigenvalue weighted by molar-refractivity contribution is 7.13. The van der Waals surface area contributed by atoms with Gasteiger partial charge in [0.15, 0.2) is 6.10 Å². The Morgan fingerprint density at radius 1 is 1.30 bits per heavy atom. The monoisotopic (exact) mass is 389 g/mol. The van der Waals surface area contributed by atoms with Crippen LogP contribution in [0, 0.1) is 10.1 Å². The number of carbonyl (C=O) groups is 1. The first-order valence-corrected chi connectivity index (χ1v) is 9.59. The van der Waals surface area contributed by atoms with Gasteiger partial charge in [-0.05, 0) is 17.7 Å². The predicted molar refractivity (Wildman–Crippen MR) is 100 cm³/mol. The van der Waals surface area contributed by atoms with Crippen molar-refractivity contribution >= 4 is 27.9 Å². The first-order chi connectivity index (χ1) is 13.1. The summed E-state index contributed by atoms with van der Waals surface area (Å²) in [5.74, 6) is 0.606. The van der Waals surface area contributed by atoms with Gasteiger partial charge in [0.2, 0.25) is 0 Å². The Bertz CT molecular complexity index is 849. The van der Waals surface area contributed by atoms with Crippen molar-refractivity contribution in [3.05, 3.63) is 51.4 Å². The molecule has 0 bridgehead atoms. The van der Waals surface area contributed by atoms with Gasteiger partial charge in [-0.1, -0.05) is 23.5 Å². The Morgan fingerprint density at radius 3 is 2.81 bits per heavy atom. The second-order valence-corrected chi connectivity index (χ2v) is 7.33. The molecule has 1 aromatic carbocycles. The fraction of sp³-hybridized carbons (Fsp3) is 0.389. The third-order valence-electron chi connectivity index (χ3n) is 4.65. The van der Waals surface area contributed by atoms with Crippen LogP contribution in [0.25, 0.3) is 0 Å². The van der Waals surface area contributed by atoms with E-state index in [0.717, 1.165) is 22.6 Å². The van der Waals surface area contributed by atoms with Crippen LogP contribution < -0.4 is 9.64 Å². The maximum Gasteiger partial charge on any atom is 0.324 e. The van der Waals surface area contributed by atoms with Crippen molar-refractivity contribution in [2.24, 2.45) is 0 Å². The molecule has 3 heterocycles. The van der Waals surface area contributed by atoms with Crippen LogP contribution in [-0.2, 0) is 16.1 Å². The standard InChI is InChI=1S/C18H19N3O5S/c22-18(19-5-7-25-8-6-19)16-11-20(14-3-1-2-4-15(14)26-16)10-13-9-17(21(23)24)27-12-13/h1-4,9,12,16H,5-8,10-11H2. The lowest BCUT2D eigenvalue weighted by molar-refractivity contribution is -0.380. The van der Waals surface area contributed by atoms with Crippen molar-refractivity contribution in [2.75, 3.05) is 37.7 Å². The van der Waals surface area contributed by atoms with Crippen LogP contribution in [0.2, 0.25) is 0 Å². The van der Waals surface area contributed by atoms with E-state index in [1.165, 1.54) is 0 Å². The number of nitro groups is 1. The first-order valence-electron chi connectivity index (χ1n) is 8.71. The first kappa shape index (κ1) is 17.7. The molecule has 142 valence electrons. The highest BCUT2D eigenvalue weighted by Gasteiger charge is 2.34. The molecule has 1 fully saturated rings. The summed E-state index contributed by atoms with van der Waals surface area (Å²) < 4.78 is 11.3. The van der Waals surface area contributed by atoms with E-state index in [1.54, 1.807) is 16.3 Å². The van der Waals surface area contributed by atoms with Gasteiger partial charge in [0.25, 0.3) is 5.91 Å². The van der Waals surface area contributed by atoms with Crippen LogP contribution in [0.5, 0.6) is 5.75 Å². The summed E-state index contributed by atoms with van der Waals surface area (Å²) >= 11 is 1.11. The number of hydrogen-bond acceptors (Lipinski definition) is 7. The van der Waals surface area contributed by atoms with Crippen LogP contribution in [0.3, 0.4) is 0 Å². The molecule has 0 radical (unpaired) electrons. The number of anilines is 1. The summed E-state index contributed by atoms with van der Waals surface area (Å²) in [7, 11) is 0. The van der Waals surface area contributed by atoms with Gasteiger partial charge in [-0.3, -0.25) is 14.9 Å². The van der Waals surface area contributed by atoms with Crippen LogP contribution >= 0.6 is 11.3 Å². The SMILES string of the molecule is O=C(C1CN(Cc2csc([N+](=O)[O-])c2)c2ccccc2O1)N1CCOCC1. The van der Waals surface area contributed by atoms with E-state index in [2.05, 4.69) is 0 Å². The molecule has 0 spiro atoms. The minimum Gasteiger partial charge on any atom is -0.477 e. The van der Waals surface area contributed by atoms with Crippen molar-refractivity contribution in [1.29, 1.82) is 0 Å². The van der Waals surface area contributed by atoms with Gasteiger partial charge in [-0.2, -0.15) is 0 Å². The zero-order chi connectivity index (χ0) is 18.8. The van der Waals surface area contributed by atoms with Gasteiger partial charge >= 0.3 is 5.00 Å². The van der Waals surface area contributed by atoms with Crippen molar-refractivity contribution < 1.29 is 19.2 Å². The number of ether oxygens (including phenoxy) is 2. The number of rotatable bonds is 4. The number of benzene rings is 1. The van der Waals surface area contributed by atoms with Crippen molar-refractivity contribution in [2.45, 2.75) is 12.6 Å². The topological polar surface area (TPSA) is 85.2 Å². The quantitative estimate of drug-likeness (QED) is 0.589. The van der Waals surface area contributed by atoms with Crippen molar-refractivity contribution in [3.8, 4) is 5.75 Å². The van der Waals surface area contributed by atoms with E-state index < -0.39 is 6.10 Å². The molecule has 0 N–H and O–H groups in total. The molecule has 1 amide bonds. The molecule has 1 aromatic heterocycles. The minimum atomic E-state index is -0.605. The van der Waals surface area contributed by atoms with Gasteiger partial charge in [-0.15, -0.1) is 0 Å². The average molecular weight is 389 g/mol. The summed E-state index contributed by atoms with van der Waals surface area (Å²) in [4.78, 5) is 27.3. The molecule has 2 aliphatic heterocycles. The molecule has 1 atom stereocenters. The second-order valence-electron chi connectivity index (χ2n) is 6.44. The largest absolute Gasteiger partial charge is 0.477 e. The summed E-state index contributed by atoms with van der Waals surface area (Å²) in [6, 6.07) is 9.15. The number of nitrogens with zero attached hydrogens (tertiary/aromatic N) is 3. The lowest BCUT2D eigenvalue weighted by atomic mass is 10.1. The van der Waals surface area contributed by atoms with Gasteiger partial charge in [0, 0.05) is 31.1 Å². The molecule has 1 saturated heterocycles. The number of amides is 1. The molecular weight excluding hydrogens is 370 g/mol. The fourth-order valence-electron chi connectivity index (χ4n) is 3.33. The number of para-hydroxylation sites is 2. The molecule has 27 heavy (non-hydrogen) atoms. The zero-order valence-corrected chi connectivity index (χ0v) is 15.4. The highest BCUT2D eigenvalue weighted by Crippen LogP contribution is 2.35. The Balaban J connectivity index is 1.55. The number of morpholine rings is 1. The molecule has 0 aliphatic carbocycles. The fourth-order valence-corrected chi connectivity index (χ4v) is 4.05. The van der Waals surface area contributed by atoms with E-state index in [9.17, 15) is 14.9 Å². The zero-order valence-electron chi connectivity index (χ0n) is 14.6. The van der Waals surface area contributed by atoms with E-state index in [1.807, 2.05) is 29.2 Å². The average Bonchev–Trinajstić information content (AvgIpc) is 3.17. The van der Waals surface area contributed by atoms with Crippen LogP contribution in [0.15, 0.2) is 35.7 Å². The normalized spacial score (nSPS) is 19.3. The molecule has 0 saturated carbocycles. The summed E-state index contributed by atoms with van der Waals surface area (Å²) in [6.07, 6.45) is -0.605. The van der Waals surface area contributed by atoms with Gasteiger partial charge < -0.3 is 19.3 Å². The second kappa shape index (κ2) is 7.53. The van der Waals surface area contributed by atoms with Crippen LogP contribution in [0.4, 0.5) is 10.7 Å². The number of fused-ring (bicyclic) bond motifs is 1. The molecule has 2 aliphatic rings. The number of thiophene rings is 1. The third-order valence-corrected chi connectivity index (χ3v) is 5.58. The summed E-state index contributed by atoms with van der Waals surface area (Å²) in [6.45, 7) is 3.09. The molecule has 9 heteroatoms. The summed E-state index contributed by atoms with van der Waals surface area (Å²) in [5, 5.41) is 12.8. The number of carbonyl (C=O) groups excluding carboxylic acids is 1. The smallest absolute Gasteiger partial charge is 0.324 e. The van der Waals surface area contributed by atoms with E-state index in [4.69, 9.17) is 9.47 Å².